The number of ketones is 1. The van der Waals surface area contributed by atoms with Gasteiger partial charge in [-0.2, -0.15) is 0 Å². The van der Waals surface area contributed by atoms with Crippen molar-refractivity contribution < 1.29 is 9.53 Å². The number of allylic oxidation sites excluding steroid dienone is 1. The summed E-state index contributed by atoms with van der Waals surface area (Å²) in [4.78, 5) is 12.0. The lowest BCUT2D eigenvalue weighted by atomic mass is 9.84. The van der Waals surface area contributed by atoms with E-state index in [9.17, 15) is 4.79 Å². The first-order chi connectivity index (χ1) is 7.01. The molecule has 2 nitrogen and oxygen atoms in total. The third kappa shape index (κ3) is 2.46. The average Bonchev–Trinajstić information content (AvgIpc) is 2.28. The second-order valence-electron chi connectivity index (χ2n) is 3.99. The van der Waals surface area contributed by atoms with Gasteiger partial charge in [-0.15, -0.1) is 6.58 Å². The molecule has 15 heavy (non-hydrogen) atoms. The van der Waals surface area contributed by atoms with Gasteiger partial charge in [0.2, 0.25) is 0 Å². The van der Waals surface area contributed by atoms with Gasteiger partial charge in [-0.25, -0.2) is 0 Å². The Hall–Kier alpha value is -1.57. The smallest absolute Gasteiger partial charge is 0.172 e. The second kappa shape index (κ2) is 4.30. The molecule has 0 bridgehead atoms. The van der Waals surface area contributed by atoms with E-state index in [0.717, 1.165) is 0 Å². The zero-order valence-electron chi connectivity index (χ0n) is 9.41. The maximum Gasteiger partial charge on any atom is 0.172 e. The van der Waals surface area contributed by atoms with Crippen LogP contribution in [0.25, 0.3) is 0 Å². The summed E-state index contributed by atoms with van der Waals surface area (Å²) in [6.07, 6.45) is 1.66. The average molecular weight is 204 g/mol. The molecule has 0 saturated heterocycles. The lowest BCUT2D eigenvalue weighted by molar-refractivity contribution is 0.0885. The van der Waals surface area contributed by atoms with Gasteiger partial charge >= 0.3 is 0 Å². The molecule has 0 saturated carbocycles. The summed E-state index contributed by atoms with van der Waals surface area (Å²) >= 11 is 0. The maximum absolute atomic E-state index is 12.0. The molecule has 0 atom stereocenters. The fraction of sp³-hybridized carbons (Fsp3) is 0.308. The van der Waals surface area contributed by atoms with Crippen LogP contribution in [0.15, 0.2) is 36.9 Å². The van der Waals surface area contributed by atoms with Crippen molar-refractivity contribution in [1.82, 2.24) is 0 Å². The Morgan fingerprint density at radius 1 is 1.47 bits per heavy atom. The molecule has 0 aliphatic carbocycles. The summed E-state index contributed by atoms with van der Waals surface area (Å²) in [5.41, 5.74) is 0.117. The van der Waals surface area contributed by atoms with Gasteiger partial charge in [-0.1, -0.05) is 18.2 Å². The number of ether oxygens (including phenoxy) is 1. The van der Waals surface area contributed by atoms with Crippen LogP contribution in [0.4, 0.5) is 0 Å². The molecule has 1 aromatic carbocycles. The molecule has 0 radical (unpaired) electrons. The zero-order valence-corrected chi connectivity index (χ0v) is 9.41. The summed E-state index contributed by atoms with van der Waals surface area (Å²) in [6, 6.07) is 7.16. The number of carbonyl (C=O) groups excluding carboxylic acids is 1. The summed E-state index contributed by atoms with van der Waals surface area (Å²) < 4.78 is 5.07. The van der Waals surface area contributed by atoms with E-state index in [-0.39, 0.29) is 5.78 Å². The van der Waals surface area contributed by atoms with Crippen LogP contribution in [-0.4, -0.2) is 12.9 Å². The van der Waals surface area contributed by atoms with E-state index in [1.807, 2.05) is 26.0 Å². The fourth-order valence-corrected chi connectivity index (χ4v) is 1.23. The molecular formula is C13H16O2. The number of carbonyl (C=O) groups is 1. The van der Waals surface area contributed by atoms with Crippen molar-refractivity contribution >= 4 is 5.78 Å². The molecule has 0 amide bonds. The number of Topliss-reactive ketones (excluding diaryl/α,β-unsaturated/α-hetero) is 1. The van der Waals surface area contributed by atoms with Gasteiger partial charge in [0.1, 0.15) is 5.75 Å². The fourth-order valence-electron chi connectivity index (χ4n) is 1.23. The largest absolute Gasteiger partial charge is 0.497 e. The second-order valence-corrected chi connectivity index (χ2v) is 3.99. The first-order valence-electron chi connectivity index (χ1n) is 4.83. The van der Waals surface area contributed by atoms with E-state index >= 15 is 0 Å². The van der Waals surface area contributed by atoms with Crippen molar-refractivity contribution in [2.24, 2.45) is 5.41 Å². The topological polar surface area (TPSA) is 26.3 Å². The van der Waals surface area contributed by atoms with Crippen LogP contribution in [-0.2, 0) is 0 Å². The summed E-state index contributed by atoms with van der Waals surface area (Å²) in [5.74, 6) is 0.747. The van der Waals surface area contributed by atoms with Crippen molar-refractivity contribution in [3.05, 3.63) is 42.5 Å². The van der Waals surface area contributed by atoms with E-state index in [4.69, 9.17) is 4.74 Å². The Labute approximate surface area is 90.6 Å². The van der Waals surface area contributed by atoms with E-state index in [1.165, 1.54) is 0 Å². The minimum absolute atomic E-state index is 0.0522. The van der Waals surface area contributed by atoms with Gasteiger partial charge in [-0.05, 0) is 26.0 Å². The molecular weight excluding hydrogens is 188 g/mol. The van der Waals surface area contributed by atoms with Crippen LogP contribution in [0.5, 0.6) is 5.75 Å². The third-order valence-electron chi connectivity index (χ3n) is 2.43. The summed E-state index contributed by atoms with van der Waals surface area (Å²) in [6.45, 7) is 7.37. The molecule has 0 N–H and O–H groups in total. The molecule has 0 aliphatic rings. The molecule has 1 rings (SSSR count). The summed E-state index contributed by atoms with van der Waals surface area (Å²) in [5, 5.41) is 0. The van der Waals surface area contributed by atoms with Crippen LogP contribution in [0.2, 0.25) is 0 Å². The Morgan fingerprint density at radius 3 is 2.67 bits per heavy atom. The van der Waals surface area contributed by atoms with Crippen LogP contribution < -0.4 is 4.74 Å². The molecule has 80 valence electrons. The first kappa shape index (κ1) is 11.5. The number of benzene rings is 1. The van der Waals surface area contributed by atoms with Gasteiger partial charge in [-0.3, -0.25) is 4.79 Å². The summed E-state index contributed by atoms with van der Waals surface area (Å²) in [7, 11) is 1.59. The number of hydrogen-bond acceptors (Lipinski definition) is 2. The van der Waals surface area contributed by atoms with E-state index < -0.39 is 5.41 Å². The molecule has 0 heterocycles. The van der Waals surface area contributed by atoms with Crippen molar-refractivity contribution in [1.29, 1.82) is 0 Å². The van der Waals surface area contributed by atoms with Crippen molar-refractivity contribution in [3.63, 3.8) is 0 Å². The quantitative estimate of drug-likeness (QED) is 0.556. The predicted molar refractivity (Wildman–Crippen MR) is 61.3 cm³/mol. The molecule has 0 unspecified atom stereocenters. The first-order valence-corrected chi connectivity index (χ1v) is 4.83. The lowest BCUT2D eigenvalue weighted by Gasteiger charge is -2.18. The minimum Gasteiger partial charge on any atom is -0.497 e. The molecule has 2 heteroatoms. The normalized spacial score (nSPS) is 10.9. The van der Waals surface area contributed by atoms with E-state index in [0.29, 0.717) is 11.3 Å². The van der Waals surface area contributed by atoms with Crippen LogP contribution in [0, 0.1) is 5.41 Å². The van der Waals surface area contributed by atoms with Crippen molar-refractivity contribution in [2.45, 2.75) is 13.8 Å². The monoisotopic (exact) mass is 204 g/mol. The van der Waals surface area contributed by atoms with Crippen molar-refractivity contribution in [2.75, 3.05) is 7.11 Å². The maximum atomic E-state index is 12.0. The Bertz CT molecular complexity index is 378. The lowest BCUT2D eigenvalue weighted by Crippen LogP contribution is -2.21. The molecule has 0 aliphatic heterocycles. The van der Waals surface area contributed by atoms with E-state index in [2.05, 4.69) is 6.58 Å². The van der Waals surface area contributed by atoms with Gasteiger partial charge in [0.25, 0.3) is 0 Å². The molecule has 0 spiro atoms. The number of hydrogen-bond donors (Lipinski definition) is 0. The highest BCUT2D eigenvalue weighted by molar-refractivity contribution is 6.01. The Kier molecular flexibility index (Phi) is 3.30. The zero-order chi connectivity index (χ0) is 11.5. The van der Waals surface area contributed by atoms with Crippen molar-refractivity contribution in [3.8, 4) is 5.75 Å². The highest BCUT2D eigenvalue weighted by Gasteiger charge is 2.24. The van der Waals surface area contributed by atoms with Gasteiger partial charge in [0, 0.05) is 11.0 Å². The van der Waals surface area contributed by atoms with Crippen LogP contribution >= 0.6 is 0 Å². The Morgan fingerprint density at radius 2 is 2.13 bits per heavy atom. The van der Waals surface area contributed by atoms with Crippen LogP contribution in [0.3, 0.4) is 0 Å². The molecule has 0 aromatic heterocycles. The minimum atomic E-state index is -0.535. The molecule has 0 fully saturated rings. The predicted octanol–water partition coefficient (Wildman–Crippen LogP) is 3.09. The standard InChI is InChI=1S/C13H16O2/c1-5-13(2,3)12(14)10-7-6-8-11(9-10)15-4/h5-9H,1H2,2-4H3. The number of methoxy groups -OCH3 is 1. The van der Waals surface area contributed by atoms with E-state index in [1.54, 1.807) is 25.3 Å². The third-order valence-corrected chi connectivity index (χ3v) is 2.43. The Balaban J connectivity index is 3.06. The van der Waals surface area contributed by atoms with Gasteiger partial charge < -0.3 is 4.74 Å². The number of rotatable bonds is 4. The van der Waals surface area contributed by atoms with Crippen LogP contribution in [0.1, 0.15) is 24.2 Å². The SMILES string of the molecule is C=CC(C)(C)C(=O)c1cccc(OC)c1. The highest BCUT2D eigenvalue weighted by atomic mass is 16.5. The highest BCUT2D eigenvalue weighted by Crippen LogP contribution is 2.24. The van der Waals surface area contributed by atoms with Gasteiger partial charge in [0.15, 0.2) is 5.78 Å². The van der Waals surface area contributed by atoms with Gasteiger partial charge in [0.05, 0.1) is 7.11 Å². The molecule has 1 aromatic rings.